The second kappa shape index (κ2) is 4.72. The normalized spacial score (nSPS) is 18.3. The molecule has 0 aromatic carbocycles. The highest BCUT2D eigenvalue weighted by Crippen LogP contribution is 2.35. The van der Waals surface area contributed by atoms with Gasteiger partial charge in [0.05, 0.1) is 13.3 Å². The Morgan fingerprint density at radius 3 is 2.61 bits per heavy atom. The third kappa shape index (κ3) is 2.03. The molecule has 1 saturated carbocycles. The zero-order valence-electron chi connectivity index (χ0n) is 11.1. The molecule has 5 nitrogen and oxygen atoms in total. The lowest BCUT2D eigenvalue weighted by Gasteiger charge is -2.22. The number of carbonyl (C=O) groups is 1. The van der Waals surface area contributed by atoms with Gasteiger partial charge in [-0.15, -0.1) is 0 Å². The van der Waals surface area contributed by atoms with Crippen LogP contribution in [0.5, 0.6) is 5.75 Å². The van der Waals surface area contributed by atoms with Gasteiger partial charge in [0.25, 0.3) is 0 Å². The number of rotatable bonds is 4. The summed E-state index contributed by atoms with van der Waals surface area (Å²) in [6.07, 6.45) is 4.36. The number of carbonyl (C=O) groups excluding carboxylic acids is 1. The number of ether oxygens (including phenoxy) is 1. The Morgan fingerprint density at radius 1 is 1.50 bits per heavy atom. The van der Waals surface area contributed by atoms with Crippen LogP contribution in [0.15, 0.2) is 6.20 Å². The van der Waals surface area contributed by atoms with Crippen LogP contribution in [0.2, 0.25) is 0 Å². The molecule has 1 aromatic heterocycles. The van der Waals surface area contributed by atoms with Gasteiger partial charge in [0.2, 0.25) is 5.78 Å². The summed E-state index contributed by atoms with van der Waals surface area (Å²) in [6, 6.07) is 0.0536. The molecular formula is C13H20N2O3. The van der Waals surface area contributed by atoms with Crippen LogP contribution < -0.4 is 4.74 Å². The Balaban J connectivity index is 2.42. The zero-order chi connectivity index (χ0) is 13.3. The second-order valence-electron chi connectivity index (χ2n) is 5.17. The molecule has 0 amide bonds. The van der Waals surface area contributed by atoms with Crippen LogP contribution in [0.3, 0.4) is 0 Å². The van der Waals surface area contributed by atoms with Gasteiger partial charge in [0.1, 0.15) is 11.3 Å². The molecule has 18 heavy (non-hydrogen) atoms. The van der Waals surface area contributed by atoms with Gasteiger partial charge >= 0.3 is 0 Å². The fraction of sp³-hybridized carbons (Fsp3) is 0.692. The van der Waals surface area contributed by atoms with Crippen molar-refractivity contribution in [3.8, 4) is 5.75 Å². The van der Waals surface area contributed by atoms with Gasteiger partial charge in [-0.25, -0.2) is 0 Å². The van der Waals surface area contributed by atoms with Crippen molar-refractivity contribution >= 4 is 5.78 Å². The van der Waals surface area contributed by atoms with Gasteiger partial charge in [-0.05, 0) is 39.5 Å². The minimum absolute atomic E-state index is 0.0536. The molecule has 1 aromatic rings. The van der Waals surface area contributed by atoms with Gasteiger partial charge in [-0.3, -0.25) is 9.48 Å². The summed E-state index contributed by atoms with van der Waals surface area (Å²) >= 11 is 0. The summed E-state index contributed by atoms with van der Waals surface area (Å²) in [5.74, 6) is 0.178. The molecule has 100 valence electrons. The van der Waals surface area contributed by atoms with E-state index in [-0.39, 0.29) is 11.8 Å². The highest BCUT2D eigenvalue weighted by Gasteiger charge is 2.42. The summed E-state index contributed by atoms with van der Waals surface area (Å²) in [5.41, 5.74) is -0.850. The van der Waals surface area contributed by atoms with Gasteiger partial charge in [0.15, 0.2) is 5.75 Å². The molecule has 1 heterocycles. The minimum atomic E-state index is -1.24. The highest BCUT2D eigenvalue weighted by molar-refractivity contribution is 6.03. The highest BCUT2D eigenvalue weighted by atomic mass is 16.5. The summed E-state index contributed by atoms with van der Waals surface area (Å²) in [6.45, 7) is 3.89. The summed E-state index contributed by atoms with van der Waals surface area (Å²) in [7, 11) is 1.51. The lowest BCUT2D eigenvalue weighted by Crippen LogP contribution is -2.37. The van der Waals surface area contributed by atoms with E-state index in [9.17, 15) is 9.90 Å². The average Bonchev–Trinajstić information content (AvgIpc) is 2.94. The van der Waals surface area contributed by atoms with E-state index in [4.69, 9.17) is 4.74 Å². The molecule has 0 saturated heterocycles. The van der Waals surface area contributed by atoms with E-state index in [1.807, 2.05) is 13.8 Å². The monoisotopic (exact) mass is 252 g/mol. The van der Waals surface area contributed by atoms with E-state index in [0.717, 1.165) is 12.8 Å². The van der Waals surface area contributed by atoms with Crippen molar-refractivity contribution in [2.24, 2.45) is 0 Å². The number of hydrogen-bond acceptors (Lipinski definition) is 4. The van der Waals surface area contributed by atoms with Crippen LogP contribution in [-0.4, -0.2) is 33.4 Å². The van der Waals surface area contributed by atoms with Crippen LogP contribution in [0, 0.1) is 0 Å². The second-order valence-corrected chi connectivity index (χ2v) is 5.17. The van der Waals surface area contributed by atoms with E-state index < -0.39 is 5.60 Å². The number of methoxy groups -OCH3 is 1. The lowest BCUT2D eigenvalue weighted by molar-refractivity contribution is 0.0337. The molecule has 0 radical (unpaired) electrons. The van der Waals surface area contributed by atoms with Gasteiger partial charge in [-0.1, -0.05) is 0 Å². The van der Waals surface area contributed by atoms with Crippen LogP contribution in [-0.2, 0) is 0 Å². The zero-order valence-corrected chi connectivity index (χ0v) is 11.1. The summed E-state index contributed by atoms with van der Waals surface area (Å²) in [5, 5.41) is 14.6. The predicted molar refractivity (Wildman–Crippen MR) is 66.9 cm³/mol. The molecule has 1 N–H and O–H groups in total. The van der Waals surface area contributed by atoms with Crippen LogP contribution >= 0.6 is 0 Å². The van der Waals surface area contributed by atoms with E-state index in [1.165, 1.54) is 13.3 Å². The summed E-state index contributed by atoms with van der Waals surface area (Å²) < 4.78 is 6.81. The van der Waals surface area contributed by atoms with Crippen molar-refractivity contribution < 1.29 is 14.6 Å². The standard InChI is InChI=1S/C13H20N2O3/c1-9(2)15-11(10(18-3)8-14-15)12(16)13(17)6-4-5-7-13/h8-9,17H,4-7H2,1-3H3. The van der Waals surface area contributed by atoms with Gasteiger partial charge in [0, 0.05) is 6.04 Å². The number of hydrogen-bond donors (Lipinski definition) is 1. The number of aliphatic hydroxyl groups is 1. The molecule has 5 heteroatoms. The third-order valence-corrected chi connectivity index (χ3v) is 3.54. The Labute approximate surface area is 107 Å². The van der Waals surface area contributed by atoms with Crippen molar-refractivity contribution in [3.63, 3.8) is 0 Å². The van der Waals surface area contributed by atoms with Crippen molar-refractivity contribution in [2.75, 3.05) is 7.11 Å². The molecule has 0 aliphatic heterocycles. The first-order valence-corrected chi connectivity index (χ1v) is 6.38. The largest absolute Gasteiger partial charge is 0.493 e. The molecule has 1 fully saturated rings. The van der Waals surface area contributed by atoms with Crippen molar-refractivity contribution in [1.82, 2.24) is 9.78 Å². The van der Waals surface area contributed by atoms with Crippen molar-refractivity contribution in [3.05, 3.63) is 11.9 Å². The minimum Gasteiger partial charge on any atom is -0.493 e. The first-order valence-electron chi connectivity index (χ1n) is 6.38. The molecule has 0 spiro atoms. The maximum atomic E-state index is 12.5. The first kappa shape index (κ1) is 13.1. The van der Waals surface area contributed by atoms with E-state index in [1.54, 1.807) is 4.68 Å². The fourth-order valence-corrected chi connectivity index (χ4v) is 2.51. The van der Waals surface area contributed by atoms with Crippen molar-refractivity contribution in [1.29, 1.82) is 0 Å². The van der Waals surface area contributed by atoms with Crippen LogP contribution in [0.25, 0.3) is 0 Å². The average molecular weight is 252 g/mol. The van der Waals surface area contributed by atoms with Gasteiger partial charge < -0.3 is 9.84 Å². The summed E-state index contributed by atoms with van der Waals surface area (Å²) in [4.78, 5) is 12.5. The SMILES string of the molecule is COc1cnn(C(C)C)c1C(=O)C1(O)CCCC1. The lowest BCUT2D eigenvalue weighted by atomic mass is 9.94. The maximum Gasteiger partial charge on any atom is 0.216 e. The number of aromatic nitrogens is 2. The predicted octanol–water partition coefficient (Wildman–Crippen LogP) is 1.96. The van der Waals surface area contributed by atoms with E-state index in [2.05, 4.69) is 5.10 Å². The number of ketones is 1. The van der Waals surface area contributed by atoms with Crippen LogP contribution in [0.1, 0.15) is 56.1 Å². The molecule has 1 aliphatic carbocycles. The van der Waals surface area contributed by atoms with Crippen molar-refractivity contribution in [2.45, 2.75) is 51.2 Å². The molecule has 0 unspecified atom stereocenters. The molecule has 2 rings (SSSR count). The Bertz CT molecular complexity index is 445. The van der Waals surface area contributed by atoms with E-state index in [0.29, 0.717) is 24.3 Å². The Hall–Kier alpha value is -1.36. The molecule has 0 bridgehead atoms. The van der Waals surface area contributed by atoms with E-state index >= 15 is 0 Å². The smallest absolute Gasteiger partial charge is 0.216 e. The topological polar surface area (TPSA) is 64.4 Å². The molecular weight excluding hydrogens is 232 g/mol. The molecule has 1 aliphatic rings. The quantitative estimate of drug-likeness (QED) is 0.832. The van der Waals surface area contributed by atoms with Crippen LogP contribution in [0.4, 0.5) is 0 Å². The third-order valence-electron chi connectivity index (χ3n) is 3.54. The van der Waals surface area contributed by atoms with Gasteiger partial charge in [-0.2, -0.15) is 5.10 Å². The number of Topliss-reactive ketones (excluding diaryl/α,β-unsaturated/α-hetero) is 1. The fourth-order valence-electron chi connectivity index (χ4n) is 2.51. The maximum absolute atomic E-state index is 12.5. The Morgan fingerprint density at radius 2 is 2.11 bits per heavy atom. The number of nitrogens with zero attached hydrogens (tertiary/aromatic N) is 2. The Kier molecular flexibility index (Phi) is 3.43. The first-order chi connectivity index (χ1) is 8.49. The molecule has 0 atom stereocenters.